The van der Waals surface area contributed by atoms with Crippen LogP contribution in [0.1, 0.15) is 24.4 Å². The van der Waals surface area contributed by atoms with Gasteiger partial charge in [-0.15, -0.1) is 0 Å². The van der Waals surface area contributed by atoms with Gasteiger partial charge in [0.1, 0.15) is 5.75 Å². The second kappa shape index (κ2) is 8.40. The molecule has 5 rings (SSSR count). The smallest absolute Gasteiger partial charge is 0.269 e. The van der Waals surface area contributed by atoms with Gasteiger partial charge >= 0.3 is 0 Å². The van der Waals surface area contributed by atoms with E-state index in [9.17, 15) is 24.5 Å². The van der Waals surface area contributed by atoms with Crippen LogP contribution < -0.4 is 10.1 Å². The van der Waals surface area contributed by atoms with E-state index in [2.05, 4.69) is 5.32 Å². The Morgan fingerprint density at radius 2 is 1.76 bits per heavy atom. The molecule has 3 aliphatic rings. The highest BCUT2D eigenvalue weighted by atomic mass is 16.6. The Bertz CT molecular complexity index is 1180. The second-order valence-electron chi connectivity index (χ2n) is 8.90. The highest BCUT2D eigenvalue weighted by Crippen LogP contribution is 2.54. The van der Waals surface area contributed by atoms with Crippen LogP contribution in [-0.4, -0.2) is 34.7 Å². The summed E-state index contributed by atoms with van der Waals surface area (Å²) in [6.45, 7) is 0. The van der Waals surface area contributed by atoms with E-state index in [4.69, 9.17) is 4.74 Å². The van der Waals surface area contributed by atoms with E-state index in [-0.39, 0.29) is 35.8 Å². The zero-order valence-electron chi connectivity index (χ0n) is 18.4. The molecule has 9 heteroatoms. The quantitative estimate of drug-likeness (QED) is 0.292. The summed E-state index contributed by atoms with van der Waals surface area (Å²) in [5, 5.41) is 14.1. The lowest BCUT2D eigenvalue weighted by Crippen LogP contribution is -2.38. The van der Waals surface area contributed by atoms with Crippen LogP contribution in [0.3, 0.4) is 0 Å². The number of imide groups is 1. The molecule has 1 N–H and O–H groups in total. The van der Waals surface area contributed by atoms with Crippen molar-refractivity contribution < 1.29 is 24.0 Å². The molecule has 2 aromatic rings. The predicted octanol–water partition coefficient (Wildman–Crippen LogP) is 3.48. The molecule has 34 heavy (non-hydrogen) atoms. The summed E-state index contributed by atoms with van der Waals surface area (Å²) in [6, 6.07) is 11.6. The van der Waals surface area contributed by atoms with Gasteiger partial charge < -0.3 is 10.1 Å². The van der Waals surface area contributed by atoms with Gasteiger partial charge in [-0.2, -0.15) is 0 Å². The molecular formula is C25H23N3O6. The number of nitro groups is 1. The first-order valence-electron chi connectivity index (χ1n) is 11.1. The van der Waals surface area contributed by atoms with Crippen molar-refractivity contribution in [3.63, 3.8) is 0 Å². The number of fused-ring (bicyclic) bond motifs is 5. The van der Waals surface area contributed by atoms with Crippen LogP contribution in [0, 0.1) is 33.8 Å². The lowest BCUT2D eigenvalue weighted by atomic mass is 9.85. The Morgan fingerprint density at radius 3 is 2.35 bits per heavy atom. The number of carbonyl (C=O) groups excluding carboxylic acids is 3. The molecule has 2 aromatic carbocycles. The molecule has 0 radical (unpaired) electrons. The number of amides is 3. The van der Waals surface area contributed by atoms with E-state index in [1.54, 1.807) is 37.4 Å². The van der Waals surface area contributed by atoms with Crippen LogP contribution in [0.5, 0.6) is 5.75 Å². The topological polar surface area (TPSA) is 119 Å². The fourth-order valence-corrected chi connectivity index (χ4v) is 5.50. The summed E-state index contributed by atoms with van der Waals surface area (Å²) in [5.74, 6) is -1.19. The Kier molecular flexibility index (Phi) is 5.39. The molecule has 5 unspecified atom stereocenters. The van der Waals surface area contributed by atoms with Gasteiger partial charge in [0.05, 0.1) is 36.3 Å². The first kappa shape index (κ1) is 21.8. The van der Waals surface area contributed by atoms with Gasteiger partial charge in [0.25, 0.3) is 5.69 Å². The van der Waals surface area contributed by atoms with Gasteiger partial charge in [0.15, 0.2) is 0 Å². The van der Waals surface area contributed by atoms with E-state index in [1.165, 1.54) is 23.1 Å². The molecule has 3 amide bonds. The minimum absolute atomic E-state index is 0.0235. The first-order valence-corrected chi connectivity index (χ1v) is 11.1. The van der Waals surface area contributed by atoms with Crippen LogP contribution in [-0.2, 0) is 14.4 Å². The monoisotopic (exact) mass is 461 g/mol. The van der Waals surface area contributed by atoms with E-state index in [1.807, 2.05) is 12.2 Å². The minimum Gasteiger partial charge on any atom is -0.497 e. The largest absolute Gasteiger partial charge is 0.497 e. The molecule has 9 nitrogen and oxygen atoms in total. The van der Waals surface area contributed by atoms with Crippen LogP contribution >= 0.6 is 0 Å². The van der Waals surface area contributed by atoms with Crippen molar-refractivity contribution in [1.82, 2.24) is 4.90 Å². The third-order valence-electron chi connectivity index (χ3n) is 7.03. The Labute approximate surface area is 195 Å². The van der Waals surface area contributed by atoms with Gasteiger partial charge in [-0.05, 0) is 48.1 Å². The highest BCUT2D eigenvalue weighted by Gasteiger charge is 2.60. The number of allylic oxidation sites excluding steroid dienone is 2. The van der Waals surface area contributed by atoms with E-state index < -0.39 is 28.7 Å². The van der Waals surface area contributed by atoms with E-state index >= 15 is 0 Å². The number of methoxy groups -OCH3 is 1. The number of non-ortho nitro benzene ring substituents is 1. The summed E-state index contributed by atoms with van der Waals surface area (Å²) in [5.41, 5.74) is 0.738. The Morgan fingerprint density at radius 1 is 1.12 bits per heavy atom. The summed E-state index contributed by atoms with van der Waals surface area (Å²) in [4.78, 5) is 51.8. The van der Waals surface area contributed by atoms with Crippen LogP contribution in [0.2, 0.25) is 0 Å². The van der Waals surface area contributed by atoms with Crippen molar-refractivity contribution >= 4 is 29.1 Å². The number of ether oxygens (including phenoxy) is 1. The van der Waals surface area contributed by atoms with Gasteiger partial charge in [0, 0.05) is 17.8 Å². The number of likely N-dealkylation sites (tertiary alicyclic amines) is 1. The number of carbonyl (C=O) groups is 3. The zero-order valence-corrected chi connectivity index (χ0v) is 18.4. The average Bonchev–Trinajstić information content (AvgIpc) is 3.52. The van der Waals surface area contributed by atoms with Gasteiger partial charge in [-0.1, -0.05) is 24.3 Å². The average molecular weight is 461 g/mol. The van der Waals surface area contributed by atoms with Crippen molar-refractivity contribution in [3.8, 4) is 5.75 Å². The standard InChI is InChI=1S/C25H23N3O6/c1-34-19-9-7-17(8-10-19)26-21(29)13-20(14-3-2-4-18(12-14)28(32)33)27-24(30)22-15-5-6-16(11-15)23(22)25(27)31/h2-10,12,15-16,20,22-23H,11,13H2,1H3,(H,26,29). The van der Waals surface area contributed by atoms with Crippen molar-refractivity contribution in [2.45, 2.75) is 18.9 Å². The molecule has 2 aliphatic carbocycles. The van der Waals surface area contributed by atoms with Crippen molar-refractivity contribution in [2.75, 3.05) is 12.4 Å². The summed E-state index contributed by atoms with van der Waals surface area (Å²) in [6.07, 6.45) is 4.57. The van der Waals surface area contributed by atoms with Gasteiger partial charge in [-0.25, -0.2) is 0 Å². The normalized spacial score (nSPS) is 25.4. The summed E-state index contributed by atoms with van der Waals surface area (Å²) in [7, 11) is 1.54. The SMILES string of the molecule is COc1ccc(NC(=O)CC(c2cccc([N+](=O)[O-])c2)N2C(=O)C3C4C=CC(C4)C3C2=O)cc1. The van der Waals surface area contributed by atoms with E-state index in [0.29, 0.717) is 17.0 Å². The third kappa shape index (κ3) is 3.63. The molecule has 2 fully saturated rings. The van der Waals surface area contributed by atoms with Crippen LogP contribution in [0.25, 0.3) is 0 Å². The third-order valence-corrected chi connectivity index (χ3v) is 7.03. The van der Waals surface area contributed by atoms with Crippen molar-refractivity contribution in [3.05, 3.63) is 76.4 Å². The second-order valence-corrected chi connectivity index (χ2v) is 8.90. The number of hydrogen-bond acceptors (Lipinski definition) is 6. The Balaban J connectivity index is 1.45. The number of rotatable bonds is 7. The molecule has 0 spiro atoms. The molecule has 2 bridgehead atoms. The molecule has 1 saturated heterocycles. The highest BCUT2D eigenvalue weighted by molar-refractivity contribution is 6.07. The number of nitrogens with zero attached hydrogens (tertiary/aromatic N) is 2. The molecule has 174 valence electrons. The van der Waals surface area contributed by atoms with Crippen molar-refractivity contribution in [2.24, 2.45) is 23.7 Å². The number of benzene rings is 2. The van der Waals surface area contributed by atoms with Gasteiger partial charge in [-0.3, -0.25) is 29.4 Å². The lowest BCUT2D eigenvalue weighted by molar-refractivity contribution is -0.385. The maximum absolute atomic E-state index is 13.4. The number of anilines is 1. The lowest BCUT2D eigenvalue weighted by Gasteiger charge is -2.28. The van der Waals surface area contributed by atoms with E-state index in [0.717, 1.165) is 6.42 Å². The number of hydrogen-bond donors (Lipinski definition) is 1. The summed E-state index contributed by atoms with van der Waals surface area (Å²) >= 11 is 0. The molecule has 1 aliphatic heterocycles. The fourth-order valence-electron chi connectivity index (χ4n) is 5.50. The first-order chi connectivity index (χ1) is 16.4. The molecule has 0 aromatic heterocycles. The maximum atomic E-state index is 13.4. The van der Waals surface area contributed by atoms with Crippen LogP contribution in [0.15, 0.2) is 60.7 Å². The summed E-state index contributed by atoms with van der Waals surface area (Å²) < 4.78 is 5.12. The zero-order chi connectivity index (χ0) is 24.0. The van der Waals surface area contributed by atoms with Gasteiger partial charge in [0.2, 0.25) is 17.7 Å². The minimum atomic E-state index is -0.942. The maximum Gasteiger partial charge on any atom is 0.269 e. The van der Waals surface area contributed by atoms with Crippen LogP contribution in [0.4, 0.5) is 11.4 Å². The molecule has 1 heterocycles. The Hall–Kier alpha value is -4.01. The molecular weight excluding hydrogens is 438 g/mol. The fraction of sp³-hybridized carbons (Fsp3) is 0.320. The molecule has 1 saturated carbocycles. The number of nitrogens with one attached hydrogen (secondary N) is 1. The van der Waals surface area contributed by atoms with Crippen molar-refractivity contribution in [1.29, 1.82) is 0 Å². The molecule has 5 atom stereocenters. The number of nitro benzene ring substituents is 1. The predicted molar refractivity (Wildman–Crippen MR) is 122 cm³/mol.